The number of pyridine rings is 1. The number of hydrogen-bond acceptors (Lipinski definition) is 17. The minimum atomic E-state index is -0.368. The van der Waals surface area contributed by atoms with Gasteiger partial charge >= 0.3 is 6.03 Å². The molecule has 3 amide bonds. The van der Waals surface area contributed by atoms with Gasteiger partial charge in [0.05, 0.1) is 151 Å². The van der Waals surface area contributed by atoms with Gasteiger partial charge in [-0.2, -0.15) is 0 Å². The zero-order chi connectivity index (χ0) is 41.6. The van der Waals surface area contributed by atoms with Crippen LogP contribution in [0.15, 0.2) is 29.0 Å². The zero-order valence-corrected chi connectivity index (χ0v) is 34.2. The SMILES string of the molecule is CCCN(OCCNC(=O)NCCOCCOCCOCCOCCOCCOCCOCCOCCOCCOCCN)C(=O)C1=Cc2ccncc2N=C(N)C1. The first-order valence-corrected chi connectivity index (χ1v) is 20.0. The fraction of sp³-hybridized carbons (Fsp3) is 0.737. The summed E-state index contributed by atoms with van der Waals surface area (Å²) in [6, 6.07) is 1.41. The lowest BCUT2D eigenvalue weighted by Gasteiger charge is -2.22. The Morgan fingerprint density at radius 1 is 0.655 bits per heavy atom. The van der Waals surface area contributed by atoms with Crippen molar-refractivity contribution in [3.05, 3.63) is 29.6 Å². The molecule has 2 heterocycles. The van der Waals surface area contributed by atoms with E-state index < -0.39 is 0 Å². The van der Waals surface area contributed by atoms with Gasteiger partial charge in [0.25, 0.3) is 5.91 Å². The van der Waals surface area contributed by atoms with Crippen molar-refractivity contribution in [3.8, 4) is 0 Å². The molecule has 0 fully saturated rings. The lowest BCUT2D eigenvalue weighted by atomic mass is 10.1. The maximum absolute atomic E-state index is 13.2. The van der Waals surface area contributed by atoms with E-state index in [1.165, 1.54) is 5.06 Å². The minimum absolute atomic E-state index is 0.107. The molecule has 6 N–H and O–H groups in total. The van der Waals surface area contributed by atoms with Crippen molar-refractivity contribution < 1.29 is 61.8 Å². The molecular formula is C38H67N7O13. The molecule has 20 nitrogen and oxygen atoms in total. The van der Waals surface area contributed by atoms with Crippen LogP contribution in [0.5, 0.6) is 0 Å². The van der Waals surface area contributed by atoms with Gasteiger partial charge in [-0.15, -0.1) is 0 Å². The third kappa shape index (κ3) is 27.3. The van der Waals surface area contributed by atoms with Crippen molar-refractivity contribution >= 4 is 29.5 Å². The van der Waals surface area contributed by atoms with E-state index in [2.05, 4.69) is 20.6 Å². The molecule has 1 aromatic heterocycles. The van der Waals surface area contributed by atoms with Crippen LogP contribution in [0.2, 0.25) is 0 Å². The predicted octanol–water partition coefficient (Wildman–Crippen LogP) is 0.452. The Morgan fingerprint density at radius 3 is 1.53 bits per heavy atom. The number of hydrogen-bond donors (Lipinski definition) is 4. The number of aliphatic imine (C=N–C) groups is 1. The van der Waals surface area contributed by atoms with Gasteiger partial charge in [0, 0.05) is 49.9 Å². The highest BCUT2D eigenvalue weighted by molar-refractivity contribution is 6.05. The molecule has 1 aliphatic heterocycles. The summed E-state index contributed by atoms with van der Waals surface area (Å²) in [4.78, 5) is 39.5. The van der Waals surface area contributed by atoms with Crippen LogP contribution in [-0.2, 0) is 57.0 Å². The molecule has 332 valence electrons. The molecule has 0 radical (unpaired) electrons. The third-order valence-electron chi connectivity index (χ3n) is 7.50. The summed E-state index contributed by atoms with van der Waals surface area (Å²) in [5.41, 5.74) is 13.2. The Kier molecular flexibility index (Phi) is 32.1. The number of nitrogens with zero attached hydrogens (tertiary/aromatic N) is 3. The second-order valence-electron chi connectivity index (χ2n) is 12.2. The van der Waals surface area contributed by atoms with Crippen LogP contribution >= 0.6 is 0 Å². The van der Waals surface area contributed by atoms with Crippen molar-refractivity contribution in [2.75, 3.05) is 165 Å². The van der Waals surface area contributed by atoms with Crippen molar-refractivity contribution in [2.45, 2.75) is 19.8 Å². The molecule has 0 aromatic carbocycles. The molecule has 58 heavy (non-hydrogen) atoms. The van der Waals surface area contributed by atoms with Gasteiger partial charge in [0.2, 0.25) is 0 Å². The van der Waals surface area contributed by atoms with Crippen LogP contribution in [0.4, 0.5) is 10.5 Å². The second kappa shape index (κ2) is 36.7. The number of rotatable bonds is 39. The fourth-order valence-electron chi connectivity index (χ4n) is 4.75. The molecular weight excluding hydrogens is 762 g/mol. The Bertz CT molecular complexity index is 1250. The number of aromatic nitrogens is 1. The third-order valence-corrected chi connectivity index (χ3v) is 7.50. The number of amidine groups is 1. The number of urea groups is 1. The first-order chi connectivity index (χ1) is 28.5. The summed E-state index contributed by atoms with van der Waals surface area (Å²) in [5.74, 6) is 0.0127. The van der Waals surface area contributed by atoms with Crippen LogP contribution in [0.3, 0.4) is 0 Å². The van der Waals surface area contributed by atoms with Crippen molar-refractivity contribution in [2.24, 2.45) is 16.5 Å². The average molecular weight is 830 g/mol. The highest BCUT2D eigenvalue weighted by Gasteiger charge is 2.22. The first kappa shape index (κ1) is 50.8. The first-order valence-electron chi connectivity index (χ1n) is 20.0. The minimum Gasteiger partial charge on any atom is -0.387 e. The average Bonchev–Trinajstić information content (AvgIpc) is 3.40. The molecule has 0 saturated carbocycles. The number of carbonyl (C=O) groups excluding carboxylic acids is 2. The molecule has 0 unspecified atom stereocenters. The summed E-state index contributed by atoms with van der Waals surface area (Å²) in [7, 11) is 0. The Balaban J connectivity index is 1.28. The molecule has 0 bridgehead atoms. The highest BCUT2D eigenvalue weighted by Crippen LogP contribution is 2.26. The van der Waals surface area contributed by atoms with E-state index in [4.69, 9.17) is 63.7 Å². The van der Waals surface area contributed by atoms with Gasteiger partial charge < -0.3 is 69.5 Å². The fourth-order valence-corrected chi connectivity index (χ4v) is 4.75. The molecule has 0 saturated heterocycles. The van der Waals surface area contributed by atoms with E-state index in [0.717, 1.165) is 5.56 Å². The Hall–Kier alpha value is -3.38. The maximum atomic E-state index is 13.2. The van der Waals surface area contributed by atoms with E-state index in [0.29, 0.717) is 175 Å². The highest BCUT2D eigenvalue weighted by atomic mass is 16.7. The van der Waals surface area contributed by atoms with E-state index in [9.17, 15) is 9.59 Å². The van der Waals surface area contributed by atoms with Crippen LogP contribution < -0.4 is 22.1 Å². The molecule has 0 atom stereocenters. The summed E-state index contributed by atoms with van der Waals surface area (Å²) in [6.07, 6.45) is 5.87. The molecule has 1 aromatic rings. The van der Waals surface area contributed by atoms with E-state index in [-0.39, 0.29) is 31.5 Å². The van der Waals surface area contributed by atoms with Crippen LogP contribution in [0, 0.1) is 0 Å². The quantitative estimate of drug-likeness (QED) is 0.0520. The lowest BCUT2D eigenvalue weighted by Crippen LogP contribution is -2.41. The number of amides is 3. The van der Waals surface area contributed by atoms with Crippen molar-refractivity contribution in [3.63, 3.8) is 0 Å². The summed E-state index contributed by atoms with van der Waals surface area (Å²) in [6.45, 7) is 12.9. The van der Waals surface area contributed by atoms with Crippen LogP contribution in [-0.4, -0.2) is 193 Å². The van der Waals surface area contributed by atoms with Gasteiger partial charge in [0.15, 0.2) is 0 Å². The molecule has 0 spiro atoms. The number of hydroxylamine groups is 2. The predicted molar refractivity (Wildman–Crippen MR) is 215 cm³/mol. The number of nitrogens with one attached hydrogen (secondary N) is 2. The number of ether oxygens (including phenoxy) is 10. The smallest absolute Gasteiger partial charge is 0.314 e. The zero-order valence-electron chi connectivity index (χ0n) is 34.2. The Morgan fingerprint density at radius 2 is 1.09 bits per heavy atom. The molecule has 20 heteroatoms. The van der Waals surface area contributed by atoms with Crippen LogP contribution in [0.1, 0.15) is 25.3 Å². The number of nitrogens with two attached hydrogens (primary N) is 2. The summed E-state index contributed by atoms with van der Waals surface area (Å²) < 4.78 is 54.4. The van der Waals surface area contributed by atoms with Gasteiger partial charge in [-0.1, -0.05) is 6.92 Å². The summed E-state index contributed by atoms with van der Waals surface area (Å²) >= 11 is 0. The van der Waals surface area contributed by atoms with Crippen molar-refractivity contribution in [1.82, 2.24) is 20.7 Å². The number of carbonyl (C=O) groups is 2. The number of fused-ring (bicyclic) bond motifs is 1. The van der Waals surface area contributed by atoms with Gasteiger partial charge in [-0.05, 0) is 18.6 Å². The Labute approximate surface area is 342 Å². The largest absolute Gasteiger partial charge is 0.387 e. The van der Waals surface area contributed by atoms with Gasteiger partial charge in [0.1, 0.15) is 5.84 Å². The van der Waals surface area contributed by atoms with E-state index in [1.807, 2.05) is 6.92 Å². The molecule has 1 aliphatic rings. The van der Waals surface area contributed by atoms with E-state index >= 15 is 0 Å². The normalized spacial score (nSPS) is 12.4. The monoisotopic (exact) mass is 829 g/mol. The molecule has 2 rings (SSSR count). The summed E-state index contributed by atoms with van der Waals surface area (Å²) in [5, 5.41) is 6.71. The van der Waals surface area contributed by atoms with Crippen LogP contribution in [0.25, 0.3) is 6.08 Å². The van der Waals surface area contributed by atoms with Gasteiger partial charge in [-0.3, -0.25) is 14.6 Å². The standard InChI is InChI=1S/C38H67N7O13/c1-2-8-45(37(46)34-30-33-3-5-41-32-35(33)44-36(40)31-34)58-11-7-43-38(47)42-6-10-49-13-15-51-17-19-53-21-23-55-25-27-57-29-28-56-26-24-54-22-20-52-18-16-50-14-12-48-9-4-39/h3,5,30,32H,2,4,6-29,31,39H2,1H3,(H2,40,44)(H2,42,43,47). The van der Waals surface area contributed by atoms with Crippen molar-refractivity contribution in [1.29, 1.82) is 0 Å². The topological polar surface area (TPSA) is 240 Å². The lowest BCUT2D eigenvalue weighted by molar-refractivity contribution is -0.181. The molecule has 0 aliphatic carbocycles. The van der Waals surface area contributed by atoms with Gasteiger partial charge in [-0.25, -0.2) is 14.9 Å². The maximum Gasteiger partial charge on any atom is 0.314 e. The van der Waals surface area contributed by atoms with E-state index in [1.54, 1.807) is 24.5 Å². The second-order valence-corrected chi connectivity index (χ2v) is 12.2.